The van der Waals surface area contributed by atoms with Gasteiger partial charge in [0.05, 0.1) is 25.4 Å². The van der Waals surface area contributed by atoms with Crippen LogP contribution in [0.5, 0.6) is 0 Å². The molecule has 0 aliphatic carbocycles. The van der Waals surface area contributed by atoms with Gasteiger partial charge in [0, 0.05) is 12.2 Å². The van der Waals surface area contributed by atoms with Gasteiger partial charge in [-0.15, -0.1) is 0 Å². The smallest absolute Gasteiger partial charge is 0.146 e. The highest BCUT2D eigenvalue weighted by Crippen LogP contribution is 2.22. The normalized spacial score (nSPS) is 10.1. The predicted molar refractivity (Wildman–Crippen MR) is 89.8 cm³/mol. The van der Waals surface area contributed by atoms with Crippen molar-refractivity contribution in [2.75, 3.05) is 37.0 Å². The fraction of sp³-hybridized carbons (Fsp3) is 0.294. The largest absolute Gasteiger partial charge is 0.394 e. The van der Waals surface area contributed by atoms with Crippen LogP contribution in [0.1, 0.15) is 11.1 Å². The molecule has 0 amide bonds. The van der Waals surface area contributed by atoms with Crippen LogP contribution in [0.25, 0.3) is 0 Å². The van der Waals surface area contributed by atoms with Gasteiger partial charge in [-0.05, 0) is 30.7 Å². The van der Waals surface area contributed by atoms with Crippen molar-refractivity contribution in [3.63, 3.8) is 0 Å². The average Bonchev–Trinajstić information content (AvgIpc) is 2.55. The number of nitriles is 1. The highest BCUT2D eigenvalue weighted by Gasteiger charge is 2.10. The first-order chi connectivity index (χ1) is 11.2. The Hall–Kier alpha value is -2.62. The molecule has 1 aromatic heterocycles. The Labute approximate surface area is 135 Å². The number of aliphatic hydroxyl groups excluding tert-OH is 1. The van der Waals surface area contributed by atoms with Crippen molar-refractivity contribution in [2.45, 2.75) is 6.92 Å². The standard InChI is InChI=1S/C17H20N4O2/c1-13-11-16(20-14-5-3-2-4-6-14)21-17(15(13)12-18)19-7-9-23-10-8-22/h2-6,11,22H,7-10H2,1H3,(H2,19,20,21). The van der Waals surface area contributed by atoms with E-state index in [1.807, 2.05) is 43.3 Å². The van der Waals surface area contributed by atoms with Crippen LogP contribution in [0.15, 0.2) is 36.4 Å². The number of anilines is 3. The molecule has 0 saturated carbocycles. The van der Waals surface area contributed by atoms with E-state index >= 15 is 0 Å². The van der Waals surface area contributed by atoms with E-state index in [1.165, 1.54) is 0 Å². The van der Waals surface area contributed by atoms with E-state index in [1.54, 1.807) is 0 Å². The van der Waals surface area contributed by atoms with E-state index in [9.17, 15) is 5.26 Å². The van der Waals surface area contributed by atoms with Crippen molar-refractivity contribution < 1.29 is 9.84 Å². The van der Waals surface area contributed by atoms with Gasteiger partial charge < -0.3 is 20.5 Å². The predicted octanol–water partition coefficient (Wildman–Crippen LogP) is 2.43. The second kappa shape index (κ2) is 8.73. The number of rotatable bonds is 8. The number of hydrogen-bond donors (Lipinski definition) is 3. The third kappa shape index (κ3) is 4.95. The quantitative estimate of drug-likeness (QED) is 0.649. The SMILES string of the molecule is Cc1cc(Nc2ccccc2)nc(NCCOCCO)c1C#N. The minimum absolute atomic E-state index is 0.00269. The lowest BCUT2D eigenvalue weighted by molar-refractivity contribution is 0.0992. The van der Waals surface area contributed by atoms with Crippen molar-refractivity contribution in [1.82, 2.24) is 4.98 Å². The van der Waals surface area contributed by atoms with Crippen LogP contribution in [0, 0.1) is 18.3 Å². The summed E-state index contributed by atoms with van der Waals surface area (Å²) in [5.41, 5.74) is 2.30. The molecular formula is C17H20N4O2. The zero-order chi connectivity index (χ0) is 16.5. The fourth-order valence-electron chi connectivity index (χ4n) is 2.08. The van der Waals surface area contributed by atoms with Gasteiger partial charge in [-0.1, -0.05) is 18.2 Å². The summed E-state index contributed by atoms with van der Waals surface area (Å²) >= 11 is 0. The summed E-state index contributed by atoms with van der Waals surface area (Å²) in [7, 11) is 0. The Morgan fingerprint density at radius 3 is 2.74 bits per heavy atom. The number of para-hydroxylation sites is 1. The lowest BCUT2D eigenvalue weighted by atomic mass is 10.1. The van der Waals surface area contributed by atoms with Crippen LogP contribution < -0.4 is 10.6 Å². The third-order valence-corrected chi connectivity index (χ3v) is 3.15. The number of aryl methyl sites for hydroxylation is 1. The molecule has 0 fully saturated rings. The number of aromatic nitrogens is 1. The summed E-state index contributed by atoms with van der Waals surface area (Å²) < 4.78 is 5.20. The van der Waals surface area contributed by atoms with E-state index in [-0.39, 0.29) is 6.61 Å². The van der Waals surface area contributed by atoms with Gasteiger partial charge in [-0.2, -0.15) is 5.26 Å². The van der Waals surface area contributed by atoms with Gasteiger partial charge in [0.25, 0.3) is 0 Å². The molecule has 2 aromatic rings. The van der Waals surface area contributed by atoms with E-state index in [0.29, 0.717) is 37.0 Å². The highest BCUT2D eigenvalue weighted by atomic mass is 16.5. The van der Waals surface area contributed by atoms with Crippen LogP contribution in [0.2, 0.25) is 0 Å². The molecule has 0 unspecified atom stereocenters. The Morgan fingerprint density at radius 2 is 2.04 bits per heavy atom. The minimum atomic E-state index is -0.00269. The van der Waals surface area contributed by atoms with Crippen molar-refractivity contribution >= 4 is 17.3 Å². The minimum Gasteiger partial charge on any atom is -0.394 e. The maximum Gasteiger partial charge on any atom is 0.146 e. The number of ether oxygens (including phenoxy) is 1. The summed E-state index contributed by atoms with van der Waals surface area (Å²) in [6.45, 7) is 3.12. The van der Waals surface area contributed by atoms with Gasteiger partial charge in [0.1, 0.15) is 17.7 Å². The van der Waals surface area contributed by atoms with Crippen LogP contribution >= 0.6 is 0 Å². The summed E-state index contributed by atoms with van der Waals surface area (Å²) in [4.78, 5) is 4.47. The van der Waals surface area contributed by atoms with Gasteiger partial charge in [-0.25, -0.2) is 4.98 Å². The summed E-state index contributed by atoms with van der Waals surface area (Å²) in [6, 6.07) is 13.7. The lowest BCUT2D eigenvalue weighted by Crippen LogP contribution is -2.14. The molecule has 23 heavy (non-hydrogen) atoms. The second-order valence-corrected chi connectivity index (χ2v) is 4.91. The summed E-state index contributed by atoms with van der Waals surface area (Å²) in [5.74, 6) is 1.20. The van der Waals surface area contributed by atoms with Crippen molar-refractivity contribution in [3.8, 4) is 6.07 Å². The van der Waals surface area contributed by atoms with Gasteiger partial charge in [-0.3, -0.25) is 0 Å². The molecule has 120 valence electrons. The molecule has 6 nitrogen and oxygen atoms in total. The van der Waals surface area contributed by atoms with Gasteiger partial charge >= 0.3 is 0 Å². The molecular weight excluding hydrogens is 292 g/mol. The van der Waals surface area contributed by atoms with E-state index in [0.717, 1.165) is 11.3 Å². The number of hydrogen-bond acceptors (Lipinski definition) is 6. The molecule has 0 saturated heterocycles. The Balaban J connectivity index is 2.11. The summed E-state index contributed by atoms with van der Waals surface area (Å²) in [5, 5.41) is 24.3. The molecule has 2 rings (SSSR count). The molecule has 3 N–H and O–H groups in total. The molecule has 0 aliphatic heterocycles. The maximum atomic E-state index is 9.31. The first-order valence-electron chi connectivity index (χ1n) is 7.41. The molecule has 1 heterocycles. The molecule has 0 aliphatic rings. The highest BCUT2D eigenvalue weighted by molar-refractivity contribution is 5.64. The van der Waals surface area contributed by atoms with Gasteiger partial charge in [0.15, 0.2) is 0 Å². The topological polar surface area (TPSA) is 90.2 Å². The van der Waals surface area contributed by atoms with E-state index in [2.05, 4.69) is 21.7 Å². The van der Waals surface area contributed by atoms with Crippen molar-refractivity contribution in [1.29, 1.82) is 5.26 Å². The van der Waals surface area contributed by atoms with Crippen LogP contribution in [-0.4, -0.2) is 36.5 Å². The monoisotopic (exact) mass is 312 g/mol. The van der Waals surface area contributed by atoms with E-state index < -0.39 is 0 Å². The summed E-state index contributed by atoms with van der Waals surface area (Å²) in [6.07, 6.45) is 0. The average molecular weight is 312 g/mol. The first kappa shape index (κ1) is 16.7. The Bertz CT molecular complexity index is 668. The van der Waals surface area contributed by atoms with Crippen LogP contribution in [0.3, 0.4) is 0 Å². The maximum absolute atomic E-state index is 9.31. The number of nitrogens with one attached hydrogen (secondary N) is 2. The number of pyridine rings is 1. The lowest BCUT2D eigenvalue weighted by Gasteiger charge is -2.13. The van der Waals surface area contributed by atoms with Crippen LogP contribution in [-0.2, 0) is 4.74 Å². The van der Waals surface area contributed by atoms with Crippen LogP contribution in [0.4, 0.5) is 17.3 Å². The first-order valence-corrected chi connectivity index (χ1v) is 7.41. The van der Waals surface area contributed by atoms with Crippen molar-refractivity contribution in [2.24, 2.45) is 0 Å². The number of benzene rings is 1. The Kier molecular flexibility index (Phi) is 6.36. The molecule has 6 heteroatoms. The van der Waals surface area contributed by atoms with Gasteiger partial charge in [0.2, 0.25) is 0 Å². The third-order valence-electron chi connectivity index (χ3n) is 3.15. The second-order valence-electron chi connectivity index (χ2n) is 4.91. The molecule has 0 spiro atoms. The molecule has 0 atom stereocenters. The molecule has 1 aromatic carbocycles. The number of nitrogens with zero attached hydrogens (tertiary/aromatic N) is 2. The van der Waals surface area contributed by atoms with Crippen molar-refractivity contribution in [3.05, 3.63) is 47.5 Å². The zero-order valence-corrected chi connectivity index (χ0v) is 13.0. The zero-order valence-electron chi connectivity index (χ0n) is 13.0. The Morgan fingerprint density at radius 1 is 1.26 bits per heavy atom. The molecule has 0 bridgehead atoms. The fourth-order valence-corrected chi connectivity index (χ4v) is 2.08. The molecule has 0 radical (unpaired) electrons. The van der Waals surface area contributed by atoms with E-state index in [4.69, 9.17) is 9.84 Å². The number of aliphatic hydroxyl groups is 1.